The van der Waals surface area contributed by atoms with Crippen LogP contribution >= 0.6 is 0 Å². The molecule has 2 unspecified atom stereocenters. The van der Waals surface area contributed by atoms with E-state index >= 15 is 0 Å². The number of terminal acetylenes is 1. The van der Waals surface area contributed by atoms with Gasteiger partial charge in [-0.15, -0.1) is 12.3 Å². The first kappa shape index (κ1) is 13.1. The van der Waals surface area contributed by atoms with E-state index in [0.717, 1.165) is 11.4 Å². The molecule has 0 spiro atoms. The molecule has 0 saturated carbocycles. The molecule has 0 aliphatic carbocycles. The summed E-state index contributed by atoms with van der Waals surface area (Å²) in [6, 6.07) is -1.55. The van der Waals surface area contributed by atoms with E-state index in [9.17, 15) is 9.59 Å². The van der Waals surface area contributed by atoms with Crippen LogP contribution in [0.15, 0.2) is 6.33 Å². The molecular weight excluding hydrogens is 248 g/mol. The molecule has 100 valence electrons. The monoisotopic (exact) mass is 262 g/mol. The highest BCUT2D eigenvalue weighted by molar-refractivity contribution is 5.87. The van der Waals surface area contributed by atoms with Crippen molar-refractivity contribution in [2.45, 2.75) is 31.5 Å². The van der Waals surface area contributed by atoms with Crippen LogP contribution in [0, 0.1) is 12.3 Å². The molecule has 0 radical (unpaired) electrons. The van der Waals surface area contributed by atoms with E-state index < -0.39 is 18.1 Å². The number of fused-ring (bicyclic) bond motifs is 1. The molecule has 2 rings (SSSR count). The number of hydrogen-bond acceptors (Lipinski definition) is 4. The number of nitrogens with one attached hydrogen (secondary N) is 3. The van der Waals surface area contributed by atoms with Crippen LogP contribution in [0.2, 0.25) is 0 Å². The van der Waals surface area contributed by atoms with Gasteiger partial charge in [0.15, 0.2) is 0 Å². The number of aliphatic carboxylic acids is 1. The Morgan fingerprint density at radius 1 is 1.68 bits per heavy atom. The van der Waals surface area contributed by atoms with Gasteiger partial charge in [0, 0.05) is 19.4 Å². The summed E-state index contributed by atoms with van der Waals surface area (Å²) in [5.74, 6) is 0.721. The van der Waals surface area contributed by atoms with Gasteiger partial charge in [-0.3, -0.25) is 10.1 Å². The second-order valence-electron chi connectivity index (χ2n) is 4.27. The van der Waals surface area contributed by atoms with Crippen LogP contribution in [0.5, 0.6) is 0 Å². The van der Waals surface area contributed by atoms with Crippen LogP contribution in [-0.4, -0.2) is 39.0 Å². The first-order chi connectivity index (χ1) is 9.11. The van der Waals surface area contributed by atoms with Crippen molar-refractivity contribution in [3.63, 3.8) is 0 Å². The number of nitrogens with zero attached hydrogens (tertiary/aromatic N) is 1. The molecule has 0 fully saturated rings. The Morgan fingerprint density at radius 3 is 3.16 bits per heavy atom. The van der Waals surface area contributed by atoms with Gasteiger partial charge in [-0.25, -0.2) is 9.78 Å². The fourth-order valence-electron chi connectivity index (χ4n) is 1.94. The molecule has 0 bridgehead atoms. The van der Waals surface area contributed by atoms with Gasteiger partial charge >= 0.3 is 5.97 Å². The van der Waals surface area contributed by atoms with Crippen LogP contribution in [0.25, 0.3) is 0 Å². The molecule has 19 heavy (non-hydrogen) atoms. The second kappa shape index (κ2) is 5.54. The maximum atomic E-state index is 12.0. The van der Waals surface area contributed by atoms with Crippen LogP contribution < -0.4 is 10.6 Å². The number of hydrogen-bond donors (Lipinski definition) is 4. The van der Waals surface area contributed by atoms with Crippen LogP contribution in [-0.2, 0) is 22.6 Å². The molecule has 7 nitrogen and oxygen atoms in total. The average molecular weight is 262 g/mol. The van der Waals surface area contributed by atoms with Crippen molar-refractivity contribution in [2.24, 2.45) is 0 Å². The zero-order chi connectivity index (χ0) is 13.8. The van der Waals surface area contributed by atoms with Gasteiger partial charge in [-0.1, -0.05) is 0 Å². The molecule has 2 heterocycles. The minimum atomic E-state index is -1.14. The lowest BCUT2D eigenvalue weighted by Gasteiger charge is -2.23. The third-order valence-corrected chi connectivity index (χ3v) is 2.98. The standard InChI is InChI=1S/C12H14N4O3/c1-2-3-7(12(18)19)16-11(17)9-4-8-10(5-13-9)15-6-14-8/h1,6-7,9,13H,3-5H2,(H,14,15)(H,16,17)(H,18,19). The Kier molecular flexibility index (Phi) is 3.82. The van der Waals surface area contributed by atoms with Gasteiger partial charge in [0.2, 0.25) is 5.91 Å². The fourth-order valence-corrected chi connectivity index (χ4v) is 1.94. The van der Waals surface area contributed by atoms with E-state index in [4.69, 9.17) is 11.5 Å². The number of carboxylic acids is 1. The van der Waals surface area contributed by atoms with E-state index in [1.54, 1.807) is 6.33 Å². The third-order valence-electron chi connectivity index (χ3n) is 2.98. The molecule has 2 atom stereocenters. The van der Waals surface area contributed by atoms with Crippen molar-refractivity contribution in [3.05, 3.63) is 17.7 Å². The summed E-state index contributed by atoms with van der Waals surface area (Å²) in [5, 5.41) is 14.4. The zero-order valence-corrected chi connectivity index (χ0v) is 10.1. The highest BCUT2D eigenvalue weighted by Gasteiger charge is 2.28. The SMILES string of the molecule is C#CCC(NC(=O)C1Cc2nc[nH]c2CN1)C(=O)O. The summed E-state index contributed by atoms with van der Waals surface area (Å²) < 4.78 is 0. The molecule has 1 aliphatic rings. The third kappa shape index (κ3) is 2.92. The molecule has 4 N–H and O–H groups in total. The summed E-state index contributed by atoms with van der Waals surface area (Å²) >= 11 is 0. The summed E-state index contributed by atoms with van der Waals surface area (Å²) in [6.45, 7) is 0.500. The van der Waals surface area contributed by atoms with E-state index in [-0.39, 0.29) is 12.3 Å². The number of carbonyl (C=O) groups is 2. The summed E-state index contributed by atoms with van der Waals surface area (Å²) in [6.07, 6.45) is 7.03. The molecule has 1 amide bonds. The highest BCUT2D eigenvalue weighted by atomic mass is 16.4. The number of amides is 1. The van der Waals surface area contributed by atoms with Crippen molar-refractivity contribution in [2.75, 3.05) is 0 Å². The predicted molar refractivity (Wildman–Crippen MR) is 65.9 cm³/mol. The van der Waals surface area contributed by atoms with Crippen molar-refractivity contribution < 1.29 is 14.7 Å². The number of rotatable bonds is 4. The summed E-state index contributed by atoms with van der Waals surface area (Å²) in [5.41, 5.74) is 1.77. The van der Waals surface area contributed by atoms with Gasteiger partial charge in [0.25, 0.3) is 0 Å². The molecule has 1 aliphatic heterocycles. The fraction of sp³-hybridized carbons (Fsp3) is 0.417. The topological polar surface area (TPSA) is 107 Å². The lowest BCUT2D eigenvalue weighted by Crippen LogP contribution is -2.52. The maximum absolute atomic E-state index is 12.0. The molecule has 0 aromatic carbocycles. The van der Waals surface area contributed by atoms with E-state index in [2.05, 4.69) is 26.5 Å². The molecular formula is C12H14N4O3. The van der Waals surface area contributed by atoms with E-state index in [0.29, 0.717) is 13.0 Å². The molecule has 1 aromatic heterocycles. The van der Waals surface area contributed by atoms with Crippen molar-refractivity contribution in [1.29, 1.82) is 0 Å². The number of imidazole rings is 1. The first-order valence-electron chi connectivity index (χ1n) is 5.83. The quantitative estimate of drug-likeness (QED) is 0.522. The lowest BCUT2D eigenvalue weighted by atomic mass is 10.0. The number of carbonyl (C=O) groups excluding carboxylic acids is 1. The number of aromatic nitrogens is 2. The summed E-state index contributed by atoms with van der Waals surface area (Å²) in [7, 11) is 0. The van der Waals surface area contributed by atoms with Gasteiger partial charge in [-0.2, -0.15) is 0 Å². The normalized spacial score (nSPS) is 19.0. The Morgan fingerprint density at radius 2 is 2.47 bits per heavy atom. The number of carboxylic acid groups (broad SMARTS) is 1. The second-order valence-corrected chi connectivity index (χ2v) is 4.27. The molecule has 7 heteroatoms. The maximum Gasteiger partial charge on any atom is 0.327 e. The Hall–Kier alpha value is -2.33. The van der Waals surface area contributed by atoms with Gasteiger partial charge in [0.05, 0.1) is 23.8 Å². The van der Waals surface area contributed by atoms with Crippen LogP contribution in [0.1, 0.15) is 17.8 Å². The minimum absolute atomic E-state index is 0.0402. The van der Waals surface area contributed by atoms with E-state index in [1.165, 1.54) is 0 Å². The highest BCUT2D eigenvalue weighted by Crippen LogP contribution is 2.12. The zero-order valence-electron chi connectivity index (χ0n) is 10.1. The number of H-pyrrole nitrogens is 1. The van der Waals surface area contributed by atoms with E-state index in [1.807, 2.05) is 0 Å². The first-order valence-corrected chi connectivity index (χ1v) is 5.83. The Bertz CT molecular complexity index is 531. The van der Waals surface area contributed by atoms with Gasteiger partial charge in [0.1, 0.15) is 6.04 Å². The summed E-state index contributed by atoms with van der Waals surface area (Å²) in [4.78, 5) is 30.0. The van der Waals surface area contributed by atoms with Crippen LogP contribution in [0.4, 0.5) is 0 Å². The molecule has 0 saturated heterocycles. The smallest absolute Gasteiger partial charge is 0.327 e. The molecule has 1 aromatic rings. The lowest BCUT2D eigenvalue weighted by molar-refractivity contribution is -0.142. The number of aromatic amines is 1. The Labute approximate surface area is 109 Å². The minimum Gasteiger partial charge on any atom is -0.480 e. The largest absolute Gasteiger partial charge is 0.480 e. The van der Waals surface area contributed by atoms with Crippen molar-refractivity contribution in [1.82, 2.24) is 20.6 Å². The Balaban J connectivity index is 1.98. The van der Waals surface area contributed by atoms with Gasteiger partial charge in [-0.05, 0) is 0 Å². The average Bonchev–Trinajstić information content (AvgIpc) is 2.85. The van der Waals surface area contributed by atoms with Crippen molar-refractivity contribution in [3.8, 4) is 12.3 Å². The predicted octanol–water partition coefficient (Wildman–Crippen LogP) is -0.983. The van der Waals surface area contributed by atoms with Gasteiger partial charge < -0.3 is 15.4 Å². The van der Waals surface area contributed by atoms with Crippen LogP contribution in [0.3, 0.4) is 0 Å². The van der Waals surface area contributed by atoms with Crippen molar-refractivity contribution >= 4 is 11.9 Å².